The minimum atomic E-state index is -1.17. The molecule has 0 N–H and O–H groups in total. The quantitative estimate of drug-likeness (QED) is 0.697. The largest absolute Gasteiger partial charge is 0.444 e. The van der Waals surface area contributed by atoms with Crippen LogP contribution >= 0.6 is 0 Å². The molecular weight excluding hydrogens is 330 g/mol. The third-order valence-corrected chi connectivity index (χ3v) is 4.75. The number of amides is 1. The van der Waals surface area contributed by atoms with E-state index < -0.39 is 16.7 Å². The first-order valence-corrected chi connectivity index (χ1v) is 10.1. The summed E-state index contributed by atoms with van der Waals surface area (Å²) in [4.78, 5) is 18.5. The van der Waals surface area contributed by atoms with E-state index in [-0.39, 0.29) is 6.09 Å². The van der Waals surface area contributed by atoms with Crippen LogP contribution in [0.5, 0.6) is 0 Å². The average Bonchev–Trinajstić information content (AvgIpc) is 2.41. The van der Waals surface area contributed by atoms with Crippen molar-refractivity contribution in [1.82, 2.24) is 14.7 Å². The minimum absolute atomic E-state index is 0.197. The topological polar surface area (TPSA) is 62.3 Å². The number of carbonyl (C=O) groups excluding carboxylic acids is 1. The van der Waals surface area contributed by atoms with Gasteiger partial charge in [-0.25, -0.2) is 9.00 Å². The molecule has 2 aliphatic heterocycles. The second-order valence-electron chi connectivity index (χ2n) is 7.62. The molecular formula is C16H31N3O4S. The number of likely N-dealkylation sites (tertiary alicyclic amines) is 1. The van der Waals surface area contributed by atoms with Crippen LogP contribution in [0.15, 0.2) is 0 Å². The Bertz CT molecular complexity index is 441. The zero-order chi connectivity index (χ0) is 17.7. The number of ether oxygens (including phenoxy) is 1. The van der Waals surface area contributed by atoms with Crippen molar-refractivity contribution in [2.75, 3.05) is 65.2 Å². The van der Waals surface area contributed by atoms with Crippen LogP contribution in [0.25, 0.3) is 0 Å². The highest BCUT2D eigenvalue weighted by atomic mass is 32.2. The molecule has 2 fully saturated rings. The Labute approximate surface area is 147 Å². The van der Waals surface area contributed by atoms with E-state index in [2.05, 4.69) is 9.80 Å². The number of rotatable bonds is 6. The molecule has 2 aliphatic rings. The van der Waals surface area contributed by atoms with E-state index in [1.807, 2.05) is 20.8 Å². The van der Waals surface area contributed by atoms with Crippen LogP contribution in [-0.4, -0.2) is 95.8 Å². The van der Waals surface area contributed by atoms with Crippen LogP contribution < -0.4 is 0 Å². The second kappa shape index (κ2) is 8.60. The maximum atomic E-state index is 11.9. The van der Waals surface area contributed by atoms with Gasteiger partial charge in [-0.05, 0) is 20.8 Å². The molecule has 2 saturated heterocycles. The van der Waals surface area contributed by atoms with Gasteiger partial charge in [-0.3, -0.25) is 9.08 Å². The van der Waals surface area contributed by atoms with Gasteiger partial charge in [0.1, 0.15) is 5.60 Å². The van der Waals surface area contributed by atoms with Crippen LogP contribution in [-0.2, 0) is 20.0 Å². The van der Waals surface area contributed by atoms with Gasteiger partial charge < -0.3 is 14.5 Å². The maximum absolute atomic E-state index is 11.9. The summed E-state index contributed by atoms with van der Waals surface area (Å²) in [6, 6.07) is 0. The fourth-order valence-electron chi connectivity index (χ4n) is 3.01. The molecule has 2 rings (SSSR count). The highest BCUT2D eigenvalue weighted by Crippen LogP contribution is 2.21. The summed E-state index contributed by atoms with van der Waals surface area (Å²) < 4.78 is 21.4. The molecule has 140 valence electrons. The lowest BCUT2D eigenvalue weighted by Crippen LogP contribution is -2.57. The lowest BCUT2D eigenvalue weighted by molar-refractivity contribution is -0.00922. The molecule has 0 saturated carbocycles. The van der Waals surface area contributed by atoms with E-state index in [0.717, 1.165) is 52.4 Å². The van der Waals surface area contributed by atoms with Crippen LogP contribution in [0.3, 0.4) is 0 Å². The normalized spacial score (nSPS) is 22.2. The Morgan fingerprint density at radius 1 is 1.12 bits per heavy atom. The Hall–Kier alpha value is -0.700. The predicted octanol–water partition coefficient (Wildman–Crippen LogP) is 0.781. The third kappa shape index (κ3) is 6.66. The monoisotopic (exact) mass is 361 g/mol. The molecule has 2 heterocycles. The first kappa shape index (κ1) is 19.6. The van der Waals surface area contributed by atoms with Crippen LogP contribution in [0.2, 0.25) is 0 Å². The van der Waals surface area contributed by atoms with Crippen molar-refractivity contribution in [3.63, 3.8) is 0 Å². The lowest BCUT2D eigenvalue weighted by atomic mass is 10.00. The van der Waals surface area contributed by atoms with Crippen molar-refractivity contribution in [3.8, 4) is 0 Å². The van der Waals surface area contributed by atoms with E-state index in [4.69, 9.17) is 8.92 Å². The molecule has 24 heavy (non-hydrogen) atoms. The Morgan fingerprint density at radius 3 is 2.25 bits per heavy atom. The highest BCUT2D eigenvalue weighted by molar-refractivity contribution is 7.79. The first-order valence-electron chi connectivity index (χ1n) is 8.62. The van der Waals surface area contributed by atoms with Crippen molar-refractivity contribution in [1.29, 1.82) is 0 Å². The average molecular weight is 362 g/mol. The van der Waals surface area contributed by atoms with Gasteiger partial charge in [-0.2, -0.15) is 0 Å². The SMILES string of the molecule is CS(=O)OCCN1CCN(CC2CN(C(=O)OC(C)(C)C)C2)CC1. The molecule has 7 nitrogen and oxygen atoms in total. The van der Waals surface area contributed by atoms with Gasteiger partial charge in [0.25, 0.3) is 0 Å². The van der Waals surface area contributed by atoms with Gasteiger partial charge in [0.05, 0.1) is 6.61 Å². The Morgan fingerprint density at radius 2 is 1.71 bits per heavy atom. The van der Waals surface area contributed by atoms with Gasteiger partial charge in [-0.15, -0.1) is 0 Å². The second-order valence-corrected chi connectivity index (χ2v) is 8.66. The van der Waals surface area contributed by atoms with Crippen LogP contribution in [0.4, 0.5) is 4.79 Å². The molecule has 0 aromatic heterocycles. The van der Waals surface area contributed by atoms with Gasteiger partial charge in [0.15, 0.2) is 11.1 Å². The van der Waals surface area contributed by atoms with Crippen molar-refractivity contribution in [3.05, 3.63) is 0 Å². The van der Waals surface area contributed by atoms with Gasteiger partial charge in [0, 0.05) is 64.5 Å². The minimum Gasteiger partial charge on any atom is -0.444 e. The summed E-state index contributed by atoms with van der Waals surface area (Å²) in [6.45, 7) is 13.8. The number of carbonyl (C=O) groups is 1. The molecule has 1 atom stereocenters. The van der Waals surface area contributed by atoms with Crippen molar-refractivity contribution in [2.24, 2.45) is 5.92 Å². The summed E-state index contributed by atoms with van der Waals surface area (Å²) in [6.07, 6.45) is 1.36. The maximum Gasteiger partial charge on any atom is 0.410 e. The van der Waals surface area contributed by atoms with Crippen LogP contribution in [0, 0.1) is 5.92 Å². The molecule has 0 aromatic rings. The molecule has 0 radical (unpaired) electrons. The predicted molar refractivity (Wildman–Crippen MR) is 94.2 cm³/mol. The summed E-state index contributed by atoms with van der Waals surface area (Å²) in [7, 11) is 0. The molecule has 1 unspecified atom stereocenters. The van der Waals surface area contributed by atoms with Crippen molar-refractivity contribution < 1.29 is 17.9 Å². The van der Waals surface area contributed by atoms with E-state index in [1.165, 1.54) is 0 Å². The molecule has 8 heteroatoms. The van der Waals surface area contributed by atoms with Gasteiger partial charge >= 0.3 is 6.09 Å². The zero-order valence-electron chi connectivity index (χ0n) is 15.3. The highest BCUT2D eigenvalue weighted by Gasteiger charge is 2.34. The number of hydrogen-bond donors (Lipinski definition) is 0. The molecule has 0 bridgehead atoms. The summed E-state index contributed by atoms with van der Waals surface area (Å²) in [5.74, 6) is 0.551. The van der Waals surface area contributed by atoms with E-state index in [1.54, 1.807) is 11.2 Å². The van der Waals surface area contributed by atoms with E-state index in [0.29, 0.717) is 12.5 Å². The zero-order valence-corrected chi connectivity index (χ0v) is 16.1. The Kier molecular flexibility index (Phi) is 7.03. The number of nitrogens with zero attached hydrogens (tertiary/aromatic N) is 3. The standard InChI is InChI=1S/C16H31N3O4S/c1-16(2,3)23-15(20)19-12-14(13-19)11-18-7-5-17(6-8-18)9-10-22-24(4)21/h14H,5-13H2,1-4H3. The molecule has 1 amide bonds. The fourth-order valence-corrected chi connectivity index (χ4v) is 3.31. The first-order chi connectivity index (χ1) is 11.2. The van der Waals surface area contributed by atoms with Gasteiger partial charge in [-0.1, -0.05) is 0 Å². The Balaban J connectivity index is 1.57. The van der Waals surface area contributed by atoms with E-state index >= 15 is 0 Å². The summed E-state index contributed by atoms with van der Waals surface area (Å²) in [5, 5.41) is 0. The molecule has 0 spiro atoms. The summed E-state index contributed by atoms with van der Waals surface area (Å²) in [5.41, 5.74) is -0.424. The molecule has 0 aliphatic carbocycles. The summed E-state index contributed by atoms with van der Waals surface area (Å²) >= 11 is -1.17. The number of piperazine rings is 1. The third-order valence-electron chi connectivity index (χ3n) is 4.25. The van der Waals surface area contributed by atoms with Crippen LogP contribution in [0.1, 0.15) is 20.8 Å². The van der Waals surface area contributed by atoms with E-state index in [9.17, 15) is 9.00 Å². The fraction of sp³-hybridized carbons (Fsp3) is 0.938. The smallest absolute Gasteiger partial charge is 0.410 e. The molecule has 0 aromatic carbocycles. The van der Waals surface area contributed by atoms with Crippen molar-refractivity contribution >= 4 is 17.2 Å². The van der Waals surface area contributed by atoms with Gasteiger partial charge in [0.2, 0.25) is 0 Å². The lowest BCUT2D eigenvalue weighted by Gasteiger charge is -2.43. The number of hydrogen-bond acceptors (Lipinski definition) is 6. The van der Waals surface area contributed by atoms with Crippen molar-refractivity contribution in [2.45, 2.75) is 26.4 Å².